The fraction of sp³-hybridized carbons (Fsp3) is 0.547. The highest BCUT2D eigenvalue weighted by molar-refractivity contribution is 7.99. The number of nitrogens with one attached hydrogen (secondary N) is 5. The Morgan fingerprint density at radius 1 is 0.720 bits per heavy atom. The monoisotopic (exact) mass is 1340 g/mol. The number of carbonyl (C=O) groups excluding carboxylic acids is 8. The first-order chi connectivity index (χ1) is 44.7. The second kappa shape index (κ2) is 37.5. The average molecular weight is 1350 g/mol. The van der Waals surface area contributed by atoms with E-state index in [2.05, 4.69) is 51.4 Å². The third-order valence-electron chi connectivity index (χ3n) is 16.2. The maximum Gasteiger partial charge on any atom is 0.317 e. The second-order valence-electron chi connectivity index (χ2n) is 23.5. The van der Waals surface area contributed by atoms with Crippen molar-refractivity contribution in [1.82, 2.24) is 56.1 Å². The van der Waals surface area contributed by atoms with Crippen LogP contribution in [-0.2, 0) is 84.7 Å². The molecule has 2 fully saturated rings. The Hall–Kier alpha value is -7.44. The topological polar surface area (TPSA) is 356 Å². The third-order valence-corrected chi connectivity index (χ3v) is 19.2. The van der Waals surface area contributed by atoms with E-state index in [0.717, 1.165) is 22.3 Å². The van der Waals surface area contributed by atoms with Gasteiger partial charge < -0.3 is 62.2 Å². The van der Waals surface area contributed by atoms with E-state index in [4.69, 9.17) is 15.5 Å². The second-order valence-corrected chi connectivity index (χ2v) is 26.8. The quantitative estimate of drug-likeness (QED) is 0.0577. The molecule has 4 aliphatic heterocycles. The number of hydrogen-bond donors (Lipinski definition) is 9. The van der Waals surface area contributed by atoms with E-state index in [1.165, 1.54) is 4.90 Å². The Labute approximate surface area is 555 Å². The van der Waals surface area contributed by atoms with Crippen LogP contribution in [0.25, 0.3) is 0 Å². The molecular weight excluding hydrogens is 1260 g/mol. The Balaban J connectivity index is 1.01. The fourth-order valence-electron chi connectivity index (χ4n) is 11.6. The van der Waals surface area contributed by atoms with Crippen LogP contribution in [0.2, 0.25) is 0 Å². The molecule has 10 N–H and O–H groups in total. The minimum Gasteiger partial charge on any atom is -0.512 e. The van der Waals surface area contributed by atoms with Crippen molar-refractivity contribution in [1.29, 1.82) is 0 Å². The van der Waals surface area contributed by atoms with Gasteiger partial charge in [-0.1, -0.05) is 62.0 Å². The van der Waals surface area contributed by atoms with Crippen LogP contribution in [0.4, 0.5) is 0 Å². The zero-order valence-corrected chi connectivity index (χ0v) is 55.1. The molecule has 7 rings (SSSR count). The van der Waals surface area contributed by atoms with Gasteiger partial charge in [-0.3, -0.25) is 67.6 Å². The van der Waals surface area contributed by atoms with Gasteiger partial charge in [0.25, 0.3) is 5.91 Å². The normalized spacial score (nSPS) is 21.8. The number of primary amides is 1. The largest absolute Gasteiger partial charge is 0.512 e. The first-order valence-corrected chi connectivity index (χ1v) is 35.0. The predicted octanol–water partition coefficient (Wildman–Crippen LogP) is 2.01. The summed E-state index contributed by atoms with van der Waals surface area (Å²) < 4.78 is 6.04. The number of aromatic nitrogens is 1. The van der Waals surface area contributed by atoms with Gasteiger partial charge in [-0.2, -0.15) is 35.3 Å². The van der Waals surface area contributed by atoms with Crippen LogP contribution in [-0.4, -0.2) is 230 Å². The van der Waals surface area contributed by atoms with Gasteiger partial charge in [0.1, 0.15) is 36.0 Å². The maximum atomic E-state index is 14.3. The maximum absolute atomic E-state index is 14.3. The van der Waals surface area contributed by atoms with Crippen LogP contribution in [0.1, 0.15) is 91.9 Å². The number of ether oxygens (including phenoxy) is 1. The molecule has 0 unspecified atom stereocenters. The summed E-state index contributed by atoms with van der Waals surface area (Å²) in [6.45, 7) is 7.27. The lowest BCUT2D eigenvalue weighted by Gasteiger charge is -2.32. The number of thioether (sulfide) groups is 3. The average Bonchev–Trinajstić information content (AvgIpc) is 1.73. The fourth-order valence-corrected chi connectivity index (χ4v) is 14.0. The number of amides is 8. The van der Waals surface area contributed by atoms with Gasteiger partial charge in [-0.15, -0.1) is 0 Å². The van der Waals surface area contributed by atoms with E-state index in [1.54, 1.807) is 69.0 Å². The molecule has 2 aromatic carbocycles. The molecule has 506 valence electrons. The Bertz CT molecular complexity index is 3110. The molecule has 4 aliphatic rings. The number of rotatable bonds is 20. The zero-order chi connectivity index (χ0) is 66.8. The molecule has 4 bridgehead atoms. The molecule has 93 heavy (non-hydrogen) atoms. The highest BCUT2D eigenvalue weighted by Crippen LogP contribution is 2.28. The summed E-state index contributed by atoms with van der Waals surface area (Å²) in [7, 11) is 0. The molecule has 8 amide bonds. The number of aliphatic hydroxyl groups is 1. The molecule has 1 aromatic heterocycles. The van der Waals surface area contributed by atoms with Gasteiger partial charge in [0, 0.05) is 119 Å². The first-order valence-electron chi connectivity index (χ1n) is 31.5. The summed E-state index contributed by atoms with van der Waals surface area (Å²) in [5.41, 5.74) is 10.4. The van der Waals surface area contributed by atoms with Crippen molar-refractivity contribution in [3.8, 4) is 5.75 Å². The number of carbonyl (C=O) groups is 10. The lowest BCUT2D eigenvalue weighted by Crippen LogP contribution is -2.59. The molecular formula is C64H88N12O14S3. The summed E-state index contributed by atoms with van der Waals surface area (Å²) in [6.07, 6.45) is 1.97. The zero-order valence-electron chi connectivity index (χ0n) is 52.7. The number of nitrogens with zero attached hydrogens (tertiary/aromatic N) is 6. The third kappa shape index (κ3) is 24.1. The van der Waals surface area contributed by atoms with Crippen molar-refractivity contribution < 1.29 is 68.0 Å². The number of aliphatic hydroxyl groups excluding tert-OH is 1. The number of pyridine rings is 1. The van der Waals surface area contributed by atoms with E-state index in [0.29, 0.717) is 110 Å². The van der Waals surface area contributed by atoms with Crippen molar-refractivity contribution in [2.75, 3.05) is 95.9 Å². The van der Waals surface area contributed by atoms with Crippen molar-refractivity contribution in [2.45, 2.75) is 125 Å². The molecule has 29 heteroatoms. The molecule has 0 saturated carbocycles. The van der Waals surface area contributed by atoms with E-state index >= 15 is 0 Å². The Kier molecular flexibility index (Phi) is 29.4. The van der Waals surface area contributed by atoms with E-state index in [1.807, 2.05) is 35.2 Å². The minimum absolute atomic E-state index is 0.0635. The number of aliphatic carboxylic acids is 2. The molecule has 0 spiro atoms. The molecule has 5 heterocycles. The molecule has 2 saturated heterocycles. The highest BCUT2D eigenvalue weighted by Gasteiger charge is 2.43. The summed E-state index contributed by atoms with van der Waals surface area (Å²) >= 11 is 4.83. The number of nitrogens with two attached hydrogens (primary N) is 1. The van der Waals surface area contributed by atoms with Gasteiger partial charge in [0.05, 0.1) is 36.8 Å². The van der Waals surface area contributed by atoms with E-state index in [-0.39, 0.29) is 115 Å². The van der Waals surface area contributed by atoms with Crippen LogP contribution in [0.15, 0.2) is 73.0 Å². The summed E-state index contributed by atoms with van der Waals surface area (Å²) in [6, 6.07) is 13.7. The van der Waals surface area contributed by atoms with Crippen LogP contribution in [0.3, 0.4) is 0 Å². The lowest BCUT2D eigenvalue weighted by molar-refractivity contribution is -0.146. The number of carboxylic acid groups (broad SMARTS) is 2. The van der Waals surface area contributed by atoms with Crippen molar-refractivity contribution in [3.63, 3.8) is 0 Å². The standard InChI is InChI=1S/C64H88N12O14S3/c1-3-48-61(86)70-49(14-16-55(65)78)62(87)71-50(32-43-9-5-4-6-10-43)60(85)67-19-28-93-41-46-30-44(39-91-26-17-57(80)75-20-8-12-53(75)64(89)76-21-7-11-52(76)63(88)69-48)29-45(31-46)40-92-27-18-66-56(79)38-90-54-15-13-47-34-74(37-59(83)84)25-23-72(36-58(81)82)22-24-73(33-42(2)77)35-51(54)68-47/h4-6,9-10,13,15,29-31,48-50,52-53,77H,2-3,7-8,11-12,14,16-28,32-41H2,1H3,(H2,65,78)(H,66,79)(H,67,85)(H,69,88)(H,70,86)(H,71,87)(H,81,82)(H,83,84)/t48-,49-,50-,52-,53-/m0/s1. The molecule has 5 atom stereocenters. The SMILES string of the molecule is C=C(O)CN1CCN(CC(=O)O)CCN(CC(=O)O)Cc2ccc(OCC(=O)NCCSCc3cc4cc(c3)CSCCC(=O)N3CCC[C@H]3C(=O)N3CCC[C@H]3C(=O)N[C@@H](CC)C(=O)N[C@@H](CCC(N)=O)C(=O)N[C@@H](Cc3ccccc3)C(=O)NCCSC4)c(n2)C1. The Morgan fingerprint density at radius 2 is 1.35 bits per heavy atom. The summed E-state index contributed by atoms with van der Waals surface area (Å²) in [4.78, 5) is 146. The highest BCUT2D eigenvalue weighted by atomic mass is 32.2. The van der Waals surface area contributed by atoms with E-state index in [9.17, 15) is 63.3 Å². The lowest BCUT2D eigenvalue weighted by atomic mass is 10.0. The van der Waals surface area contributed by atoms with Crippen LogP contribution in [0, 0.1) is 0 Å². The van der Waals surface area contributed by atoms with Gasteiger partial charge in [0.2, 0.25) is 41.4 Å². The van der Waals surface area contributed by atoms with Crippen LogP contribution in [0.5, 0.6) is 5.75 Å². The first kappa shape index (κ1) is 73.0. The van der Waals surface area contributed by atoms with Gasteiger partial charge in [-0.05, 0) is 72.9 Å². The molecule has 0 aliphatic carbocycles. The molecule has 3 aromatic rings. The van der Waals surface area contributed by atoms with Crippen molar-refractivity contribution >= 4 is 94.5 Å². The molecule has 0 radical (unpaired) electrons. The van der Waals surface area contributed by atoms with Gasteiger partial charge >= 0.3 is 11.9 Å². The van der Waals surface area contributed by atoms with Crippen molar-refractivity contribution in [2.24, 2.45) is 5.73 Å². The smallest absolute Gasteiger partial charge is 0.317 e. The van der Waals surface area contributed by atoms with E-state index < -0.39 is 71.7 Å². The summed E-state index contributed by atoms with van der Waals surface area (Å²) in [5.74, 6) is -2.48. The van der Waals surface area contributed by atoms with Crippen LogP contribution < -0.4 is 37.1 Å². The van der Waals surface area contributed by atoms with Gasteiger partial charge in [-0.25, -0.2) is 0 Å². The number of hydrogen-bond acceptors (Lipinski definition) is 19. The number of benzene rings is 2. The Morgan fingerprint density at radius 3 is 2.04 bits per heavy atom. The predicted molar refractivity (Wildman–Crippen MR) is 353 cm³/mol. The number of fused-ring (bicyclic) bond motifs is 6. The summed E-state index contributed by atoms with van der Waals surface area (Å²) in [5, 5.41) is 43.6. The number of carboxylic acids is 2. The molecule has 26 nitrogen and oxygen atoms in total. The van der Waals surface area contributed by atoms with Crippen LogP contribution >= 0.6 is 35.3 Å². The van der Waals surface area contributed by atoms with Gasteiger partial charge in [0.15, 0.2) is 6.61 Å². The minimum atomic E-state index is -1.31. The van der Waals surface area contributed by atoms with Crippen molar-refractivity contribution in [3.05, 3.63) is 107 Å².